The number of hydrogen-bond donors (Lipinski definition) is 7. The van der Waals surface area contributed by atoms with Gasteiger partial charge in [0.2, 0.25) is 0 Å². The van der Waals surface area contributed by atoms with Crippen LogP contribution in [-0.4, -0.2) is 72.9 Å². The van der Waals surface area contributed by atoms with Crippen molar-refractivity contribution in [2.24, 2.45) is 0 Å². The Bertz CT molecular complexity index is 1120. The van der Waals surface area contributed by atoms with Crippen molar-refractivity contribution >= 4 is 23.5 Å². The van der Waals surface area contributed by atoms with E-state index in [1.165, 1.54) is 19.6 Å². The van der Waals surface area contributed by atoms with Gasteiger partial charge in [-0.15, -0.1) is 0 Å². The molecule has 1 aromatic rings. The molecule has 21 heteroatoms. The first-order chi connectivity index (χ1) is 17.0. The van der Waals surface area contributed by atoms with E-state index >= 15 is 0 Å². The van der Waals surface area contributed by atoms with Crippen molar-refractivity contribution in [1.82, 2.24) is 9.55 Å². The SMILES string of the molecule is CC[NH+](CC)CC.O=c1[nH]c(=O)n([C@H]2C[C@H](O)[C@@H](COP(=O)(O)OP(=O)(O)OP(=O)([O-])O)O2)cc1CO. The summed E-state index contributed by atoms with van der Waals surface area (Å²) in [6.45, 7) is 8.85. The highest BCUT2D eigenvalue weighted by atomic mass is 31.3. The fourth-order valence-corrected chi connectivity index (χ4v) is 6.10. The third-order valence-electron chi connectivity index (χ3n) is 5.04. The molecule has 2 rings (SSSR count). The molecule has 1 aliphatic heterocycles. The average molecular weight is 599 g/mol. The Morgan fingerprint density at radius 3 is 2.14 bits per heavy atom. The Labute approximate surface area is 210 Å². The van der Waals surface area contributed by atoms with Gasteiger partial charge in [-0.3, -0.25) is 23.4 Å². The Balaban J connectivity index is 0.000000856. The Morgan fingerprint density at radius 1 is 1.11 bits per heavy atom. The average Bonchev–Trinajstić information content (AvgIpc) is 3.12. The maximum Gasteiger partial charge on any atom is 0.487 e. The van der Waals surface area contributed by atoms with E-state index in [-0.39, 0.29) is 12.0 Å². The molecule has 0 aliphatic carbocycles. The van der Waals surface area contributed by atoms with Crippen molar-refractivity contribution in [3.05, 3.63) is 32.6 Å². The number of nitrogens with zero attached hydrogens (tertiary/aromatic N) is 1. The van der Waals surface area contributed by atoms with Gasteiger partial charge in [0.1, 0.15) is 12.3 Å². The van der Waals surface area contributed by atoms with Crippen molar-refractivity contribution in [2.75, 3.05) is 26.2 Å². The van der Waals surface area contributed by atoms with Crippen LogP contribution in [0.1, 0.15) is 39.0 Å². The van der Waals surface area contributed by atoms with E-state index in [2.05, 4.69) is 33.9 Å². The second kappa shape index (κ2) is 14.4. The molecule has 1 fully saturated rings. The van der Waals surface area contributed by atoms with Crippen molar-refractivity contribution in [3.8, 4) is 0 Å². The van der Waals surface area contributed by atoms with E-state index in [4.69, 9.17) is 19.6 Å². The number of rotatable bonds is 12. The van der Waals surface area contributed by atoms with E-state index in [0.29, 0.717) is 0 Å². The lowest BCUT2D eigenvalue weighted by atomic mass is 10.2. The van der Waals surface area contributed by atoms with E-state index < -0.39 is 66.4 Å². The topological polar surface area (TPSA) is 272 Å². The van der Waals surface area contributed by atoms with Crippen molar-refractivity contribution in [1.29, 1.82) is 0 Å². The number of quaternary nitrogens is 1. The van der Waals surface area contributed by atoms with Crippen LogP contribution in [0.2, 0.25) is 0 Å². The van der Waals surface area contributed by atoms with Gasteiger partial charge in [0.05, 0.1) is 44.5 Å². The molecule has 216 valence electrons. The minimum Gasteiger partial charge on any atom is -0.756 e. The molecule has 0 saturated carbocycles. The third-order valence-corrected chi connectivity index (χ3v) is 8.82. The number of hydrogen-bond acceptors (Lipinski definition) is 12. The highest BCUT2D eigenvalue weighted by Gasteiger charge is 2.41. The molecule has 18 nitrogen and oxygen atoms in total. The predicted octanol–water partition coefficient (Wildman–Crippen LogP) is -2.68. The number of aliphatic hydroxyl groups excluding tert-OH is 2. The second-order valence-electron chi connectivity index (χ2n) is 7.59. The summed E-state index contributed by atoms with van der Waals surface area (Å²) in [6.07, 6.45) is -3.22. The van der Waals surface area contributed by atoms with Crippen LogP contribution in [0.4, 0.5) is 0 Å². The minimum absolute atomic E-state index is 0.182. The second-order valence-corrected chi connectivity index (χ2v) is 12.0. The number of nitrogens with one attached hydrogen (secondary N) is 2. The molecule has 0 aromatic carbocycles. The smallest absolute Gasteiger partial charge is 0.487 e. The molecule has 1 saturated heterocycles. The van der Waals surface area contributed by atoms with Gasteiger partial charge >= 0.3 is 21.3 Å². The number of phosphoric acid groups is 3. The minimum atomic E-state index is -5.80. The fourth-order valence-electron chi connectivity index (χ4n) is 3.11. The van der Waals surface area contributed by atoms with E-state index in [9.17, 15) is 38.2 Å². The summed E-state index contributed by atoms with van der Waals surface area (Å²) in [5.41, 5.74) is -1.95. The molecule has 2 heterocycles. The molecular formula is C16H32N3O15P3. The molecule has 7 N–H and O–H groups in total. The van der Waals surface area contributed by atoms with Crippen LogP contribution in [0, 0.1) is 0 Å². The molecule has 0 bridgehead atoms. The van der Waals surface area contributed by atoms with Crippen LogP contribution < -0.4 is 21.0 Å². The Morgan fingerprint density at radius 2 is 1.68 bits per heavy atom. The number of ether oxygens (including phenoxy) is 1. The molecule has 6 atom stereocenters. The summed E-state index contributed by atoms with van der Waals surface area (Å²) in [5.74, 6) is 0. The number of H-pyrrole nitrogens is 1. The highest BCUT2D eigenvalue weighted by Crippen LogP contribution is 2.65. The standard InChI is InChI=1S/C10H17N2O15P3.C6H15N/c13-3-5-2-12(10(16)11-9(5)15)8-1-6(14)7(25-8)4-24-29(20,21)27-30(22,23)26-28(17,18)19;1-4-7(5-2)6-3/h2,6-8,13-14H,1,3-4H2,(H,20,21)(H,22,23)(H,11,15,16)(H2,17,18,19);4-6H2,1-3H3/t6-,7+,8+;/m0./s1. The molecular weight excluding hydrogens is 567 g/mol. The van der Waals surface area contributed by atoms with Crippen LogP contribution in [0.25, 0.3) is 0 Å². The Hall–Kier alpha value is -1.07. The third kappa shape index (κ3) is 11.7. The first kappa shape index (κ1) is 34.0. The number of aromatic amines is 1. The Kier molecular flexibility index (Phi) is 13.2. The van der Waals surface area contributed by atoms with Crippen LogP contribution in [-0.2, 0) is 38.2 Å². The van der Waals surface area contributed by atoms with Crippen LogP contribution in [0.5, 0.6) is 0 Å². The number of phosphoric ester groups is 1. The van der Waals surface area contributed by atoms with Gasteiger partial charge in [0, 0.05) is 12.6 Å². The summed E-state index contributed by atoms with van der Waals surface area (Å²) in [5, 5.41) is 19.1. The molecule has 0 amide bonds. The monoisotopic (exact) mass is 599 g/mol. The molecule has 3 unspecified atom stereocenters. The molecule has 0 spiro atoms. The zero-order valence-corrected chi connectivity index (χ0v) is 22.8. The zero-order valence-electron chi connectivity index (χ0n) is 20.2. The van der Waals surface area contributed by atoms with E-state index in [1.54, 1.807) is 4.90 Å². The maximum atomic E-state index is 11.9. The summed E-state index contributed by atoms with van der Waals surface area (Å²) in [6, 6.07) is 0. The molecule has 0 radical (unpaired) electrons. The van der Waals surface area contributed by atoms with Crippen molar-refractivity contribution in [2.45, 2.75) is 52.2 Å². The summed E-state index contributed by atoms with van der Waals surface area (Å²) in [7, 11) is -17.0. The summed E-state index contributed by atoms with van der Waals surface area (Å²) < 4.78 is 50.7. The van der Waals surface area contributed by atoms with Gasteiger partial charge in [0.25, 0.3) is 13.4 Å². The number of aromatic nitrogens is 2. The van der Waals surface area contributed by atoms with Gasteiger partial charge in [-0.05, 0) is 20.8 Å². The number of aliphatic hydroxyl groups is 2. The fraction of sp³-hybridized carbons (Fsp3) is 0.750. The van der Waals surface area contributed by atoms with Crippen LogP contribution >= 0.6 is 23.5 Å². The van der Waals surface area contributed by atoms with Gasteiger partial charge < -0.3 is 39.4 Å². The largest absolute Gasteiger partial charge is 0.756 e. The molecule has 1 aromatic heterocycles. The van der Waals surface area contributed by atoms with E-state index in [0.717, 1.165) is 10.8 Å². The van der Waals surface area contributed by atoms with Gasteiger partial charge in [0.15, 0.2) is 0 Å². The zero-order chi connectivity index (χ0) is 28.6. The highest BCUT2D eigenvalue weighted by molar-refractivity contribution is 7.66. The van der Waals surface area contributed by atoms with Gasteiger partial charge in [-0.2, -0.15) is 4.31 Å². The normalized spacial score (nSPS) is 24.5. The van der Waals surface area contributed by atoms with Gasteiger partial charge in [-0.25, -0.2) is 18.2 Å². The van der Waals surface area contributed by atoms with Crippen molar-refractivity contribution in [3.63, 3.8) is 0 Å². The summed E-state index contributed by atoms with van der Waals surface area (Å²) >= 11 is 0. The molecule has 37 heavy (non-hydrogen) atoms. The quantitative estimate of drug-likeness (QED) is 0.121. The van der Waals surface area contributed by atoms with Gasteiger partial charge in [-0.1, -0.05) is 0 Å². The predicted molar refractivity (Wildman–Crippen MR) is 122 cm³/mol. The van der Waals surface area contributed by atoms with E-state index in [1.807, 2.05) is 4.98 Å². The van der Waals surface area contributed by atoms with Crippen LogP contribution in [0.3, 0.4) is 0 Å². The maximum absolute atomic E-state index is 11.9. The lowest BCUT2D eigenvalue weighted by Crippen LogP contribution is -3.11. The lowest BCUT2D eigenvalue weighted by molar-refractivity contribution is -0.894. The summed E-state index contributed by atoms with van der Waals surface area (Å²) in [4.78, 5) is 64.1. The van der Waals surface area contributed by atoms with Crippen molar-refractivity contribution < 1.29 is 66.3 Å². The first-order valence-corrected chi connectivity index (χ1v) is 15.3. The van der Waals surface area contributed by atoms with Crippen LogP contribution in [0.15, 0.2) is 15.8 Å². The molecule has 1 aliphatic rings. The first-order valence-electron chi connectivity index (χ1n) is 10.9. The lowest BCUT2D eigenvalue weighted by Gasteiger charge is -2.21.